The van der Waals surface area contributed by atoms with Gasteiger partial charge >= 0.3 is 0 Å². The van der Waals surface area contributed by atoms with Gasteiger partial charge in [-0.25, -0.2) is 16.8 Å². The second-order valence-electron chi connectivity index (χ2n) is 6.09. The lowest BCUT2D eigenvalue weighted by atomic mass is 10.3. The van der Waals surface area contributed by atoms with Gasteiger partial charge in [-0.05, 0) is 35.7 Å². The number of hydrogen-bond donors (Lipinski definition) is 0. The Balaban J connectivity index is 1.73. The summed E-state index contributed by atoms with van der Waals surface area (Å²) in [6, 6.07) is 6.75. The van der Waals surface area contributed by atoms with Gasteiger partial charge in [-0.1, -0.05) is 35.1 Å². The first-order valence-electron chi connectivity index (χ1n) is 7.85. The maximum atomic E-state index is 11.5. The van der Waals surface area contributed by atoms with Crippen LogP contribution in [0.1, 0.15) is 0 Å². The second-order valence-corrected chi connectivity index (χ2v) is 12.4. The fourth-order valence-corrected chi connectivity index (χ4v) is 8.18. The molecule has 1 atom stereocenters. The molecule has 0 amide bonds. The first-order valence-corrected chi connectivity index (χ1v) is 14.0. The number of benzene rings is 1. The molecule has 2 aliphatic heterocycles. The number of thiophene rings is 1. The topological polar surface area (TPSA) is 121 Å². The third-order valence-corrected chi connectivity index (χ3v) is 8.82. The highest BCUT2D eigenvalue weighted by Crippen LogP contribution is 2.51. The Morgan fingerprint density at radius 1 is 1.07 bits per heavy atom. The highest BCUT2D eigenvalue weighted by Gasteiger charge is 2.34. The fraction of sp³-hybridized carbons (Fsp3) is 0.200. The summed E-state index contributed by atoms with van der Waals surface area (Å²) in [6.07, 6.45) is 1.66. The minimum atomic E-state index is -4.60. The molecule has 1 aromatic carbocycles. The van der Waals surface area contributed by atoms with Crippen molar-refractivity contribution in [1.29, 1.82) is 0 Å². The lowest BCUT2D eigenvalue weighted by Gasteiger charge is -2.27. The van der Waals surface area contributed by atoms with Crippen LogP contribution in [0.2, 0.25) is 5.02 Å². The molecule has 0 spiro atoms. The van der Waals surface area contributed by atoms with Crippen LogP contribution in [0.15, 0.2) is 50.5 Å². The zero-order valence-electron chi connectivity index (χ0n) is 14.2. The molecule has 0 N–H and O–H groups in total. The average molecular weight is 511 g/mol. The van der Waals surface area contributed by atoms with Crippen molar-refractivity contribution < 1.29 is 25.9 Å². The first-order chi connectivity index (χ1) is 13.5. The van der Waals surface area contributed by atoms with Crippen LogP contribution in [-0.2, 0) is 20.2 Å². The smallest absolute Gasteiger partial charge is 0.114 e. The van der Waals surface area contributed by atoms with Gasteiger partial charge in [-0.2, -0.15) is 0 Å². The average Bonchev–Trinajstić information content (AvgIpc) is 3.23. The molecule has 2 aromatic rings. The van der Waals surface area contributed by atoms with Gasteiger partial charge in [-0.15, -0.1) is 11.3 Å². The highest BCUT2D eigenvalue weighted by molar-refractivity contribution is 8.04. The zero-order valence-corrected chi connectivity index (χ0v) is 19.1. The summed E-state index contributed by atoms with van der Waals surface area (Å²) in [5, 5.41) is 2.73. The number of thioether (sulfide) groups is 2. The van der Waals surface area contributed by atoms with Crippen LogP contribution in [0.5, 0.6) is 0 Å². The molecular weight excluding hydrogens is 500 g/mol. The van der Waals surface area contributed by atoms with Crippen molar-refractivity contribution in [2.45, 2.75) is 15.2 Å². The van der Waals surface area contributed by atoms with Crippen LogP contribution in [0.4, 0.5) is 10.7 Å². The van der Waals surface area contributed by atoms with Crippen LogP contribution in [0.25, 0.3) is 0 Å². The van der Waals surface area contributed by atoms with Crippen molar-refractivity contribution in [2.24, 2.45) is 0 Å². The molecule has 4 rings (SSSR count). The lowest BCUT2D eigenvalue weighted by molar-refractivity contribution is 0.460. The SMILES string of the molecule is O=S(=O)([O-])CN1C(=CC2Sc3ccsc3N2CS(=O)(=O)[O-])Sc2ccc(Cl)cc21. The predicted molar refractivity (Wildman–Crippen MR) is 113 cm³/mol. The summed E-state index contributed by atoms with van der Waals surface area (Å²) in [4.78, 5) is 4.34. The molecule has 156 valence electrons. The Labute approximate surface area is 185 Å². The van der Waals surface area contributed by atoms with E-state index in [9.17, 15) is 25.9 Å². The zero-order chi connectivity index (χ0) is 21.0. The van der Waals surface area contributed by atoms with Crippen molar-refractivity contribution >= 4 is 77.4 Å². The number of rotatable bonds is 5. The molecule has 0 saturated heterocycles. The number of nitrogens with zero attached hydrogens (tertiary/aromatic N) is 2. The minimum Gasteiger partial charge on any atom is -0.747 e. The number of anilines is 2. The number of fused-ring (bicyclic) bond motifs is 2. The van der Waals surface area contributed by atoms with E-state index in [1.807, 2.05) is 6.07 Å². The van der Waals surface area contributed by atoms with E-state index in [-0.39, 0.29) is 0 Å². The van der Waals surface area contributed by atoms with Crippen LogP contribution < -0.4 is 9.80 Å². The van der Waals surface area contributed by atoms with Gasteiger partial charge in [0, 0.05) is 14.8 Å². The quantitative estimate of drug-likeness (QED) is 0.554. The first kappa shape index (κ1) is 21.3. The van der Waals surface area contributed by atoms with Gasteiger partial charge < -0.3 is 18.9 Å². The molecule has 8 nitrogen and oxygen atoms in total. The summed E-state index contributed by atoms with van der Waals surface area (Å²) < 4.78 is 68.5. The molecule has 3 heterocycles. The van der Waals surface area contributed by atoms with Gasteiger partial charge in [0.1, 0.15) is 42.4 Å². The van der Waals surface area contributed by atoms with Gasteiger partial charge in [0.15, 0.2) is 0 Å². The third kappa shape index (κ3) is 4.71. The largest absolute Gasteiger partial charge is 0.747 e. The maximum absolute atomic E-state index is 11.5. The molecule has 2 aliphatic rings. The Hall–Kier alpha value is -0.930. The van der Waals surface area contributed by atoms with Gasteiger partial charge in [0.05, 0.1) is 10.7 Å². The van der Waals surface area contributed by atoms with Gasteiger partial charge in [-0.3, -0.25) is 0 Å². The van der Waals surface area contributed by atoms with Crippen LogP contribution in [0.3, 0.4) is 0 Å². The van der Waals surface area contributed by atoms with Gasteiger partial charge in [0.2, 0.25) is 0 Å². The van der Waals surface area contributed by atoms with E-state index in [2.05, 4.69) is 0 Å². The van der Waals surface area contributed by atoms with Crippen LogP contribution >= 0.6 is 46.5 Å². The van der Waals surface area contributed by atoms with Gasteiger partial charge in [0.25, 0.3) is 0 Å². The lowest BCUT2D eigenvalue weighted by Crippen LogP contribution is -2.34. The Kier molecular flexibility index (Phi) is 5.61. The molecule has 1 aromatic heterocycles. The van der Waals surface area contributed by atoms with Crippen molar-refractivity contribution in [3.05, 3.63) is 45.8 Å². The molecule has 0 bridgehead atoms. The minimum absolute atomic E-state index is 0.385. The summed E-state index contributed by atoms with van der Waals surface area (Å²) in [5.41, 5.74) is 0.480. The summed E-state index contributed by atoms with van der Waals surface area (Å²) >= 11 is 9.92. The predicted octanol–water partition coefficient (Wildman–Crippen LogP) is 3.10. The summed E-state index contributed by atoms with van der Waals surface area (Å²) in [7, 11) is -9.14. The van der Waals surface area contributed by atoms with E-state index in [4.69, 9.17) is 11.6 Å². The summed E-state index contributed by atoms with van der Waals surface area (Å²) in [5.74, 6) is -1.51. The molecule has 0 fully saturated rings. The Morgan fingerprint density at radius 3 is 2.48 bits per heavy atom. The molecular formula is C15H11ClN2O6S5-2. The fourth-order valence-electron chi connectivity index (χ4n) is 2.94. The number of hydrogen-bond acceptors (Lipinski definition) is 11. The van der Waals surface area contributed by atoms with Crippen molar-refractivity contribution in [2.75, 3.05) is 21.6 Å². The van der Waals surface area contributed by atoms with Crippen LogP contribution in [0, 0.1) is 0 Å². The van der Waals surface area contributed by atoms with Crippen molar-refractivity contribution in [3.8, 4) is 0 Å². The monoisotopic (exact) mass is 510 g/mol. The molecule has 1 unspecified atom stereocenters. The van der Waals surface area contributed by atoms with E-state index in [0.717, 1.165) is 4.90 Å². The van der Waals surface area contributed by atoms with Crippen LogP contribution in [-0.4, -0.2) is 43.1 Å². The molecule has 0 radical (unpaired) electrons. The van der Waals surface area contributed by atoms with Crippen molar-refractivity contribution in [3.63, 3.8) is 0 Å². The van der Waals surface area contributed by atoms with E-state index in [0.29, 0.717) is 25.6 Å². The molecule has 0 saturated carbocycles. The molecule has 14 heteroatoms. The van der Waals surface area contributed by atoms with E-state index in [1.54, 1.807) is 29.7 Å². The van der Waals surface area contributed by atoms with E-state index >= 15 is 0 Å². The highest BCUT2D eigenvalue weighted by atomic mass is 35.5. The summed E-state index contributed by atoms with van der Waals surface area (Å²) in [6.45, 7) is 0. The Morgan fingerprint density at radius 2 is 1.79 bits per heavy atom. The number of halogens is 1. The molecule has 29 heavy (non-hydrogen) atoms. The van der Waals surface area contributed by atoms with E-state index < -0.39 is 37.4 Å². The Bertz CT molecular complexity index is 1210. The van der Waals surface area contributed by atoms with Crippen molar-refractivity contribution in [1.82, 2.24) is 0 Å². The maximum Gasteiger partial charge on any atom is 0.114 e. The standard InChI is InChI=1S/C15H13ClN2O6S5/c16-9-1-2-11-10(5-9)17(7-28(19,20)21)13(26-11)6-14-18(8-29(22,23)24)15-12(27-14)3-4-25-15/h1-6,14H,7-8H2,(H,19,20,21)(H,22,23,24)/p-2. The second kappa shape index (κ2) is 7.64. The third-order valence-electron chi connectivity index (χ3n) is 3.99. The molecule has 0 aliphatic carbocycles. The normalized spacial score (nSPS) is 20.4. The van der Waals surface area contributed by atoms with E-state index in [1.165, 1.54) is 44.7 Å².